The maximum atomic E-state index is 11.3. The lowest BCUT2D eigenvalue weighted by molar-refractivity contribution is 0.976. The monoisotopic (exact) mass is 230 g/mol. The summed E-state index contributed by atoms with van der Waals surface area (Å²) in [4.78, 5) is 22.7. The number of halogens is 2. The Kier molecular flexibility index (Phi) is 2.09. The van der Waals surface area contributed by atoms with Gasteiger partial charge in [-0.3, -0.25) is 19.8 Å². The predicted octanol–water partition coefficient (Wildman–Crippen LogP) is 1.52. The maximum Gasteiger partial charge on any atom is 0.272 e. The Morgan fingerprint density at radius 2 is 1.21 bits per heavy atom. The highest BCUT2D eigenvalue weighted by molar-refractivity contribution is 6.40. The van der Waals surface area contributed by atoms with Crippen molar-refractivity contribution in [3.8, 4) is 0 Å². The molecule has 0 saturated carbocycles. The fourth-order valence-electron chi connectivity index (χ4n) is 1.23. The summed E-state index contributed by atoms with van der Waals surface area (Å²) < 4.78 is 0. The lowest BCUT2D eigenvalue weighted by Gasteiger charge is -1.99. The molecule has 0 aliphatic heterocycles. The van der Waals surface area contributed by atoms with Crippen molar-refractivity contribution >= 4 is 34.0 Å². The summed E-state index contributed by atoms with van der Waals surface area (Å²) in [7, 11) is 0. The number of hydrogen-bond donors (Lipinski definition) is 2. The van der Waals surface area contributed by atoms with Crippen LogP contribution in [-0.2, 0) is 0 Å². The molecule has 1 aromatic carbocycles. The number of benzene rings is 1. The van der Waals surface area contributed by atoms with Crippen LogP contribution in [0.25, 0.3) is 10.8 Å². The molecule has 0 amide bonds. The molecular formula is C8H4Cl2N2O2. The number of nitrogens with one attached hydrogen (secondary N) is 2. The smallest absolute Gasteiger partial charge is 0.267 e. The second-order valence-electron chi connectivity index (χ2n) is 2.69. The van der Waals surface area contributed by atoms with Crippen LogP contribution in [-0.4, -0.2) is 10.2 Å². The van der Waals surface area contributed by atoms with Gasteiger partial charge in [0.2, 0.25) is 0 Å². The molecule has 1 heterocycles. The van der Waals surface area contributed by atoms with Gasteiger partial charge in [-0.05, 0) is 12.1 Å². The highest BCUT2D eigenvalue weighted by Gasteiger charge is 2.10. The molecule has 2 N–H and O–H groups in total. The standard InChI is InChI=1S/C8H4Cl2N2O2/c9-3-1-2-4(10)6-5(3)7(13)11-12-8(6)14/h1-2H,(H,11,13)(H,12,14). The van der Waals surface area contributed by atoms with Gasteiger partial charge in [0.25, 0.3) is 11.1 Å². The van der Waals surface area contributed by atoms with Gasteiger partial charge >= 0.3 is 0 Å². The van der Waals surface area contributed by atoms with Crippen LogP contribution in [0.15, 0.2) is 21.7 Å². The zero-order valence-corrected chi connectivity index (χ0v) is 8.24. The van der Waals surface area contributed by atoms with Gasteiger partial charge in [0.05, 0.1) is 20.8 Å². The number of aromatic amines is 2. The number of hydrogen-bond acceptors (Lipinski definition) is 2. The van der Waals surface area contributed by atoms with Crippen LogP contribution in [0.4, 0.5) is 0 Å². The molecule has 0 saturated heterocycles. The molecule has 0 atom stereocenters. The summed E-state index contributed by atoms with van der Waals surface area (Å²) in [5.41, 5.74) is -0.931. The zero-order chi connectivity index (χ0) is 10.3. The van der Waals surface area contributed by atoms with E-state index in [1.165, 1.54) is 12.1 Å². The van der Waals surface area contributed by atoms with Gasteiger partial charge in [0.15, 0.2) is 0 Å². The van der Waals surface area contributed by atoms with Gasteiger partial charge in [0.1, 0.15) is 0 Å². The molecule has 6 heteroatoms. The second-order valence-corrected chi connectivity index (χ2v) is 3.50. The van der Waals surface area contributed by atoms with E-state index in [4.69, 9.17) is 23.2 Å². The Bertz CT molecular complexity index is 560. The van der Waals surface area contributed by atoms with E-state index >= 15 is 0 Å². The molecule has 0 spiro atoms. The molecule has 14 heavy (non-hydrogen) atoms. The van der Waals surface area contributed by atoms with Crippen LogP contribution >= 0.6 is 23.2 Å². The summed E-state index contributed by atoms with van der Waals surface area (Å²) in [6, 6.07) is 2.95. The van der Waals surface area contributed by atoms with Crippen molar-refractivity contribution < 1.29 is 0 Å². The van der Waals surface area contributed by atoms with E-state index in [1.807, 2.05) is 0 Å². The Morgan fingerprint density at radius 1 is 0.857 bits per heavy atom. The number of aromatic nitrogens is 2. The van der Waals surface area contributed by atoms with Crippen LogP contribution in [0.5, 0.6) is 0 Å². The van der Waals surface area contributed by atoms with E-state index in [9.17, 15) is 9.59 Å². The van der Waals surface area contributed by atoms with Crippen molar-refractivity contribution in [3.63, 3.8) is 0 Å². The molecule has 72 valence electrons. The fourth-order valence-corrected chi connectivity index (χ4v) is 1.72. The first-order chi connectivity index (χ1) is 6.61. The van der Waals surface area contributed by atoms with Crippen molar-refractivity contribution in [2.75, 3.05) is 0 Å². The third-order valence-electron chi connectivity index (χ3n) is 1.85. The highest BCUT2D eigenvalue weighted by atomic mass is 35.5. The summed E-state index contributed by atoms with van der Waals surface area (Å²) >= 11 is 11.5. The normalized spacial score (nSPS) is 10.7. The molecule has 1 aromatic heterocycles. The van der Waals surface area contributed by atoms with Crippen LogP contribution < -0.4 is 11.1 Å². The van der Waals surface area contributed by atoms with E-state index in [0.29, 0.717) is 0 Å². The lowest BCUT2D eigenvalue weighted by Crippen LogP contribution is -2.19. The summed E-state index contributed by atoms with van der Waals surface area (Å²) in [5, 5.41) is 4.99. The minimum absolute atomic E-state index is 0.114. The van der Waals surface area contributed by atoms with E-state index in [2.05, 4.69) is 10.2 Å². The third-order valence-corrected chi connectivity index (χ3v) is 2.48. The van der Waals surface area contributed by atoms with Crippen molar-refractivity contribution in [1.29, 1.82) is 0 Å². The average Bonchev–Trinajstić information content (AvgIpc) is 2.16. The Labute approximate surface area is 87.5 Å². The molecule has 0 fully saturated rings. The van der Waals surface area contributed by atoms with Gasteiger partial charge in [0, 0.05) is 0 Å². The Hall–Kier alpha value is -1.26. The number of rotatable bonds is 0. The quantitative estimate of drug-likeness (QED) is 0.721. The van der Waals surface area contributed by atoms with Crippen molar-refractivity contribution in [2.45, 2.75) is 0 Å². The van der Waals surface area contributed by atoms with Gasteiger partial charge < -0.3 is 0 Å². The van der Waals surface area contributed by atoms with Crippen molar-refractivity contribution in [3.05, 3.63) is 42.9 Å². The van der Waals surface area contributed by atoms with E-state index in [0.717, 1.165) is 0 Å². The SMILES string of the molecule is O=c1[nH][nH]c(=O)c2c(Cl)ccc(Cl)c12. The van der Waals surface area contributed by atoms with Crippen LogP contribution in [0, 0.1) is 0 Å². The molecule has 0 radical (unpaired) electrons. The first-order valence-electron chi connectivity index (χ1n) is 3.70. The summed E-state index contributed by atoms with van der Waals surface area (Å²) in [6.07, 6.45) is 0. The Morgan fingerprint density at radius 3 is 1.57 bits per heavy atom. The van der Waals surface area contributed by atoms with Crippen molar-refractivity contribution in [1.82, 2.24) is 10.2 Å². The molecule has 4 nitrogen and oxygen atoms in total. The van der Waals surface area contributed by atoms with Crippen molar-refractivity contribution in [2.24, 2.45) is 0 Å². The van der Waals surface area contributed by atoms with E-state index in [-0.39, 0.29) is 20.8 Å². The maximum absolute atomic E-state index is 11.3. The van der Waals surface area contributed by atoms with Gasteiger partial charge in [-0.1, -0.05) is 23.2 Å². The second kappa shape index (κ2) is 3.15. The topological polar surface area (TPSA) is 65.7 Å². The minimum atomic E-state index is -0.466. The molecule has 0 aliphatic carbocycles. The lowest BCUT2D eigenvalue weighted by atomic mass is 10.2. The first kappa shape index (κ1) is 9.30. The largest absolute Gasteiger partial charge is 0.272 e. The molecule has 0 aliphatic rings. The molecule has 2 rings (SSSR count). The van der Waals surface area contributed by atoms with E-state index in [1.54, 1.807) is 0 Å². The van der Waals surface area contributed by atoms with Crippen LogP contribution in [0.3, 0.4) is 0 Å². The van der Waals surface area contributed by atoms with E-state index < -0.39 is 11.1 Å². The highest BCUT2D eigenvalue weighted by Crippen LogP contribution is 2.23. The van der Waals surface area contributed by atoms with Gasteiger partial charge in [-0.25, -0.2) is 0 Å². The third kappa shape index (κ3) is 1.23. The Balaban J connectivity index is 3.22. The van der Waals surface area contributed by atoms with Gasteiger partial charge in [-0.15, -0.1) is 0 Å². The van der Waals surface area contributed by atoms with Crippen LogP contribution in [0.2, 0.25) is 10.0 Å². The summed E-state index contributed by atoms with van der Waals surface area (Å²) in [6.45, 7) is 0. The molecule has 2 aromatic rings. The van der Waals surface area contributed by atoms with Gasteiger partial charge in [-0.2, -0.15) is 0 Å². The predicted molar refractivity (Wildman–Crippen MR) is 55.2 cm³/mol. The number of fused-ring (bicyclic) bond motifs is 1. The number of H-pyrrole nitrogens is 2. The summed E-state index contributed by atoms with van der Waals surface area (Å²) in [5.74, 6) is 0. The molecule has 0 unspecified atom stereocenters. The minimum Gasteiger partial charge on any atom is -0.267 e. The molecular weight excluding hydrogens is 227 g/mol. The fraction of sp³-hybridized carbons (Fsp3) is 0. The molecule has 0 bridgehead atoms. The zero-order valence-electron chi connectivity index (χ0n) is 6.73. The first-order valence-corrected chi connectivity index (χ1v) is 4.45. The van der Waals surface area contributed by atoms with Crippen LogP contribution in [0.1, 0.15) is 0 Å². The average molecular weight is 231 g/mol.